The lowest BCUT2D eigenvalue weighted by molar-refractivity contribution is 0.0970. The average molecular weight is 492 g/mol. The summed E-state index contributed by atoms with van der Waals surface area (Å²) in [6.07, 6.45) is 3.14. The first-order valence-electron chi connectivity index (χ1n) is 11.5. The van der Waals surface area contributed by atoms with Gasteiger partial charge in [0.25, 0.3) is 5.91 Å². The van der Waals surface area contributed by atoms with Crippen molar-refractivity contribution >= 4 is 33.3 Å². The van der Waals surface area contributed by atoms with Crippen LogP contribution in [0.2, 0.25) is 0 Å². The minimum absolute atomic E-state index is 0.0189. The molecule has 5 rings (SSSR count). The molecule has 0 bridgehead atoms. The van der Waals surface area contributed by atoms with Crippen LogP contribution in [-0.2, 0) is 0 Å². The van der Waals surface area contributed by atoms with Crippen molar-refractivity contribution in [2.24, 2.45) is 0 Å². The number of para-hydroxylation sites is 1. The van der Waals surface area contributed by atoms with Crippen LogP contribution < -0.4 is 19.8 Å². The highest BCUT2D eigenvalue weighted by atomic mass is 32.1. The molecule has 1 amide bonds. The van der Waals surface area contributed by atoms with Crippen molar-refractivity contribution in [3.8, 4) is 11.5 Å². The number of ether oxygens (including phenoxy) is 2. The number of hydrogen-bond donors (Lipinski definition) is 0. The smallest absolute Gasteiger partial charge is 0.297 e. The molecule has 1 atom stereocenters. The van der Waals surface area contributed by atoms with Gasteiger partial charge in [0.05, 0.1) is 30.7 Å². The van der Waals surface area contributed by atoms with Gasteiger partial charge in [0.1, 0.15) is 10.6 Å². The number of rotatable bonds is 8. The highest BCUT2D eigenvalue weighted by Gasteiger charge is 2.45. The Labute approximate surface area is 206 Å². The second-order valence-corrected chi connectivity index (χ2v) is 9.48. The Bertz CT molecular complexity index is 1460. The summed E-state index contributed by atoms with van der Waals surface area (Å²) < 4.78 is 17.5. The number of carbonyl (C=O) groups is 1. The molecule has 0 saturated heterocycles. The molecule has 2 aromatic carbocycles. The van der Waals surface area contributed by atoms with Crippen LogP contribution in [-0.4, -0.2) is 29.8 Å². The molecule has 2 aromatic heterocycles. The number of amides is 1. The lowest BCUT2D eigenvalue weighted by Crippen LogP contribution is -2.29. The van der Waals surface area contributed by atoms with Crippen LogP contribution in [0.25, 0.3) is 11.0 Å². The fraction of sp³-hybridized carbons (Fsp3) is 0.308. The fourth-order valence-electron chi connectivity index (χ4n) is 4.32. The molecule has 1 aliphatic rings. The van der Waals surface area contributed by atoms with Crippen molar-refractivity contribution in [1.82, 2.24) is 10.2 Å². The number of methoxy groups -OCH3 is 1. The number of unbranched alkanes of at least 4 members (excludes halogenated alkanes) is 2. The third kappa shape index (κ3) is 4.05. The molecule has 4 aromatic rings. The second-order valence-electron chi connectivity index (χ2n) is 8.32. The Morgan fingerprint density at radius 3 is 2.66 bits per heavy atom. The van der Waals surface area contributed by atoms with Crippen LogP contribution in [0.3, 0.4) is 0 Å². The fourth-order valence-corrected chi connectivity index (χ4v) is 5.04. The van der Waals surface area contributed by atoms with Crippen LogP contribution in [0.15, 0.2) is 51.7 Å². The maximum absolute atomic E-state index is 13.6. The summed E-state index contributed by atoms with van der Waals surface area (Å²) in [5.41, 5.74) is 1.08. The van der Waals surface area contributed by atoms with Gasteiger partial charge in [-0.25, -0.2) is 0 Å². The molecule has 8 nitrogen and oxygen atoms in total. The largest absolute Gasteiger partial charge is 0.493 e. The zero-order chi connectivity index (χ0) is 24.5. The van der Waals surface area contributed by atoms with Gasteiger partial charge in [-0.2, -0.15) is 0 Å². The topological polar surface area (TPSA) is 94.8 Å². The molecule has 180 valence electrons. The van der Waals surface area contributed by atoms with E-state index in [4.69, 9.17) is 13.9 Å². The van der Waals surface area contributed by atoms with E-state index in [1.54, 1.807) is 37.4 Å². The highest BCUT2D eigenvalue weighted by Crippen LogP contribution is 2.43. The number of carbonyl (C=O) groups excluding carboxylic acids is 1. The van der Waals surface area contributed by atoms with E-state index in [1.165, 1.54) is 16.2 Å². The standard InChI is InChI=1S/C26H25N3O5S/c1-4-5-8-13-33-19-12-11-16(14-20(19)32-3)22-21-23(30)17-9-6-7-10-18(17)34-24(21)25(31)29(22)26-28-27-15(2)35-26/h6-7,9-12,14,22H,4-5,8,13H2,1-3H3. The Morgan fingerprint density at radius 2 is 1.91 bits per heavy atom. The first-order chi connectivity index (χ1) is 17.0. The molecule has 3 heterocycles. The Balaban J connectivity index is 1.65. The van der Waals surface area contributed by atoms with E-state index in [1.807, 2.05) is 19.1 Å². The van der Waals surface area contributed by atoms with E-state index >= 15 is 0 Å². The predicted molar refractivity (Wildman–Crippen MR) is 134 cm³/mol. The van der Waals surface area contributed by atoms with Gasteiger partial charge in [-0.1, -0.05) is 49.3 Å². The van der Waals surface area contributed by atoms with Gasteiger partial charge < -0.3 is 13.9 Å². The van der Waals surface area contributed by atoms with E-state index in [0.29, 0.717) is 44.8 Å². The van der Waals surface area contributed by atoms with E-state index in [9.17, 15) is 9.59 Å². The van der Waals surface area contributed by atoms with Crippen LogP contribution in [0, 0.1) is 6.92 Å². The Kier molecular flexibility index (Phi) is 6.25. The van der Waals surface area contributed by atoms with E-state index in [0.717, 1.165) is 19.3 Å². The number of anilines is 1. The lowest BCUT2D eigenvalue weighted by atomic mass is 9.98. The zero-order valence-corrected chi connectivity index (χ0v) is 20.6. The van der Waals surface area contributed by atoms with E-state index in [2.05, 4.69) is 17.1 Å². The first-order valence-corrected chi connectivity index (χ1v) is 12.3. The second kappa shape index (κ2) is 9.50. The Hall–Kier alpha value is -3.72. The van der Waals surface area contributed by atoms with Crippen LogP contribution >= 0.6 is 11.3 Å². The number of fused-ring (bicyclic) bond motifs is 2. The van der Waals surface area contributed by atoms with Crippen molar-refractivity contribution in [3.05, 3.63) is 74.6 Å². The molecule has 9 heteroatoms. The van der Waals surface area contributed by atoms with Crippen molar-refractivity contribution < 1.29 is 18.7 Å². The van der Waals surface area contributed by atoms with Crippen LogP contribution in [0.1, 0.15) is 58.9 Å². The normalized spacial score (nSPS) is 15.0. The SMILES string of the molecule is CCCCCOc1ccc(C2c3c(oc4ccccc4c3=O)C(=O)N2c2nnc(C)s2)cc1OC. The van der Waals surface area contributed by atoms with Crippen molar-refractivity contribution in [3.63, 3.8) is 0 Å². The van der Waals surface area contributed by atoms with Crippen LogP contribution in [0.4, 0.5) is 5.13 Å². The summed E-state index contributed by atoms with van der Waals surface area (Å²) in [5, 5.41) is 9.80. The predicted octanol–water partition coefficient (Wildman–Crippen LogP) is 5.28. The third-order valence-corrected chi connectivity index (χ3v) is 6.85. The summed E-state index contributed by atoms with van der Waals surface area (Å²) in [7, 11) is 1.57. The first kappa shape index (κ1) is 23.0. The molecule has 35 heavy (non-hydrogen) atoms. The van der Waals surface area contributed by atoms with Crippen LogP contribution in [0.5, 0.6) is 11.5 Å². The molecule has 0 aliphatic carbocycles. The van der Waals surface area contributed by atoms with E-state index < -0.39 is 11.9 Å². The number of nitrogens with zero attached hydrogens (tertiary/aromatic N) is 3. The number of aromatic nitrogens is 2. The highest BCUT2D eigenvalue weighted by molar-refractivity contribution is 7.15. The third-order valence-electron chi connectivity index (χ3n) is 6.01. The zero-order valence-electron chi connectivity index (χ0n) is 19.7. The van der Waals surface area contributed by atoms with E-state index in [-0.39, 0.29) is 16.8 Å². The van der Waals surface area contributed by atoms with Gasteiger partial charge in [0.2, 0.25) is 10.9 Å². The summed E-state index contributed by atoms with van der Waals surface area (Å²) in [6, 6.07) is 11.7. The molecule has 1 aliphatic heterocycles. The maximum Gasteiger partial charge on any atom is 0.297 e. The lowest BCUT2D eigenvalue weighted by Gasteiger charge is -2.23. The van der Waals surface area contributed by atoms with Crippen molar-refractivity contribution in [1.29, 1.82) is 0 Å². The van der Waals surface area contributed by atoms with Gasteiger partial charge >= 0.3 is 0 Å². The molecular formula is C26H25N3O5S. The summed E-state index contributed by atoms with van der Waals surface area (Å²) in [6.45, 7) is 4.54. The molecular weight excluding hydrogens is 466 g/mol. The van der Waals surface area contributed by atoms with Gasteiger partial charge in [-0.3, -0.25) is 14.5 Å². The number of hydrogen-bond acceptors (Lipinski definition) is 8. The molecule has 0 saturated carbocycles. The molecule has 1 unspecified atom stereocenters. The van der Waals surface area contributed by atoms with Gasteiger partial charge in [0, 0.05) is 0 Å². The summed E-state index contributed by atoms with van der Waals surface area (Å²) >= 11 is 1.28. The van der Waals surface area contributed by atoms with Gasteiger partial charge in [-0.05, 0) is 43.2 Å². The summed E-state index contributed by atoms with van der Waals surface area (Å²) in [4.78, 5) is 28.7. The van der Waals surface area contributed by atoms with Gasteiger partial charge in [-0.15, -0.1) is 10.2 Å². The van der Waals surface area contributed by atoms with Gasteiger partial charge in [0.15, 0.2) is 16.9 Å². The molecule has 0 radical (unpaired) electrons. The van der Waals surface area contributed by atoms with Crippen molar-refractivity contribution in [2.75, 3.05) is 18.6 Å². The monoisotopic (exact) mass is 491 g/mol. The quantitative estimate of drug-likeness (QED) is 0.310. The average Bonchev–Trinajstić information content (AvgIpc) is 3.42. The molecule has 0 N–H and O–H groups in total. The maximum atomic E-state index is 13.6. The molecule has 0 spiro atoms. The number of aryl methyl sites for hydroxylation is 1. The minimum Gasteiger partial charge on any atom is -0.493 e. The molecule has 0 fully saturated rings. The minimum atomic E-state index is -0.742. The Morgan fingerprint density at radius 1 is 1.09 bits per heavy atom. The van der Waals surface area contributed by atoms with Crippen molar-refractivity contribution in [2.45, 2.75) is 39.2 Å². The number of benzene rings is 2. The summed E-state index contributed by atoms with van der Waals surface area (Å²) in [5.74, 6) is 0.729.